The highest BCUT2D eigenvalue weighted by Gasteiger charge is 2.15. The number of H-pyrrole nitrogens is 1. The first-order valence-electron chi connectivity index (χ1n) is 10.3. The molecule has 0 spiro atoms. The molecular weight excluding hydrogens is 446 g/mol. The second-order valence-corrected chi connectivity index (χ2v) is 8.21. The van der Waals surface area contributed by atoms with Crippen molar-refractivity contribution >= 4 is 40.1 Å². The summed E-state index contributed by atoms with van der Waals surface area (Å²) in [5, 5.41) is 13.6. The smallest absolute Gasteiger partial charge is 0.354 e. The van der Waals surface area contributed by atoms with E-state index in [1.54, 1.807) is 24.3 Å². The molecule has 0 amide bonds. The Kier molecular flexibility index (Phi) is 6.06. The van der Waals surface area contributed by atoms with Crippen molar-refractivity contribution < 1.29 is 9.90 Å². The van der Waals surface area contributed by atoms with Crippen molar-refractivity contribution in [1.29, 1.82) is 0 Å². The van der Waals surface area contributed by atoms with Gasteiger partial charge in [-0.25, -0.2) is 14.2 Å². The Morgan fingerprint density at radius 3 is 2.55 bits per heavy atom. The Morgan fingerprint density at radius 1 is 1.12 bits per heavy atom. The largest absolute Gasteiger partial charge is 0.481 e. The molecule has 4 aromatic rings. The maximum Gasteiger partial charge on any atom is 0.354 e. The highest BCUT2D eigenvalue weighted by Crippen LogP contribution is 2.25. The normalized spacial score (nSPS) is 11.1. The third-order valence-electron chi connectivity index (χ3n) is 5.52. The molecule has 170 valence electrons. The molecule has 0 atom stereocenters. The number of benzene rings is 2. The molecule has 9 nitrogen and oxygen atoms in total. The summed E-state index contributed by atoms with van der Waals surface area (Å²) >= 11 is 5.97. The van der Waals surface area contributed by atoms with E-state index < -0.39 is 17.3 Å². The summed E-state index contributed by atoms with van der Waals surface area (Å²) in [5.74, 6) is -1.05. The molecule has 33 heavy (non-hydrogen) atoms. The topological polar surface area (TPSA) is 122 Å². The third-order valence-corrected chi connectivity index (χ3v) is 5.77. The van der Waals surface area contributed by atoms with Crippen LogP contribution in [0.1, 0.15) is 23.2 Å². The van der Waals surface area contributed by atoms with E-state index >= 15 is 0 Å². The van der Waals surface area contributed by atoms with Crippen LogP contribution >= 0.6 is 11.6 Å². The zero-order valence-electron chi connectivity index (χ0n) is 18.1. The maximum absolute atomic E-state index is 13.2. The van der Waals surface area contributed by atoms with Crippen LogP contribution in [0.5, 0.6) is 0 Å². The van der Waals surface area contributed by atoms with Crippen LogP contribution in [-0.4, -0.2) is 30.2 Å². The molecule has 0 aliphatic carbocycles. The van der Waals surface area contributed by atoms with Crippen molar-refractivity contribution in [2.24, 2.45) is 0 Å². The van der Waals surface area contributed by atoms with Gasteiger partial charge in [0.05, 0.1) is 13.0 Å². The lowest BCUT2D eigenvalue weighted by molar-refractivity contribution is -0.137. The van der Waals surface area contributed by atoms with Crippen LogP contribution in [0.4, 0.5) is 11.6 Å². The average Bonchev–Trinajstić information content (AvgIpc) is 3.05. The number of halogens is 1. The molecule has 2 aromatic heterocycles. The summed E-state index contributed by atoms with van der Waals surface area (Å²) in [7, 11) is 0. The Morgan fingerprint density at radius 2 is 1.85 bits per heavy atom. The monoisotopic (exact) mass is 467 g/mol. The first-order chi connectivity index (χ1) is 15.7. The average molecular weight is 468 g/mol. The van der Waals surface area contributed by atoms with Gasteiger partial charge >= 0.3 is 17.3 Å². The Hall–Kier alpha value is -3.85. The minimum Gasteiger partial charge on any atom is -0.481 e. The fourth-order valence-electron chi connectivity index (χ4n) is 3.61. The molecule has 0 aliphatic rings. The van der Waals surface area contributed by atoms with Gasteiger partial charge in [0.15, 0.2) is 0 Å². The van der Waals surface area contributed by atoms with Gasteiger partial charge in [-0.15, -0.1) is 0 Å². The van der Waals surface area contributed by atoms with E-state index in [0.29, 0.717) is 10.7 Å². The predicted molar refractivity (Wildman–Crippen MR) is 127 cm³/mol. The van der Waals surface area contributed by atoms with Crippen molar-refractivity contribution in [2.75, 3.05) is 5.32 Å². The van der Waals surface area contributed by atoms with Gasteiger partial charge in [0.1, 0.15) is 0 Å². The molecule has 2 heterocycles. The van der Waals surface area contributed by atoms with E-state index in [4.69, 9.17) is 16.7 Å². The van der Waals surface area contributed by atoms with Gasteiger partial charge in [0.2, 0.25) is 5.95 Å². The summed E-state index contributed by atoms with van der Waals surface area (Å²) in [4.78, 5) is 44.1. The van der Waals surface area contributed by atoms with Gasteiger partial charge < -0.3 is 15.4 Å². The van der Waals surface area contributed by atoms with E-state index in [0.717, 1.165) is 32.3 Å². The number of anilines is 2. The van der Waals surface area contributed by atoms with E-state index in [1.807, 2.05) is 32.0 Å². The van der Waals surface area contributed by atoms with Crippen molar-refractivity contribution in [2.45, 2.75) is 33.4 Å². The number of hydrogen-bond acceptors (Lipinski definition) is 5. The first-order valence-corrected chi connectivity index (χ1v) is 10.6. The van der Waals surface area contributed by atoms with Crippen LogP contribution in [-0.2, 0) is 17.9 Å². The van der Waals surface area contributed by atoms with Gasteiger partial charge in [-0.3, -0.25) is 9.36 Å². The number of rotatable bonds is 7. The van der Waals surface area contributed by atoms with E-state index in [2.05, 4.69) is 15.3 Å². The number of nitrogens with zero attached hydrogens (tertiary/aromatic N) is 3. The number of hydrogen-bond donors (Lipinski definition) is 3. The molecule has 0 aliphatic heterocycles. The number of fused-ring (bicyclic) bond motifs is 1. The molecule has 2 aromatic carbocycles. The zero-order valence-corrected chi connectivity index (χ0v) is 18.8. The molecule has 0 radical (unpaired) electrons. The quantitative estimate of drug-likeness (QED) is 0.383. The van der Waals surface area contributed by atoms with Crippen LogP contribution < -0.4 is 16.7 Å². The molecule has 0 saturated carbocycles. The number of carboxylic acids is 1. The van der Waals surface area contributed by atoms with Crippen molar-refractivity contribution in [3.63, 3.8) is 0 Å². The van der Waals surface area contributed by atoms with Crippen LogP contribution in [0, 0.1) is 13.8 Å². The first kappa shape index (κ1) is 22.3. The van der Waals surface area contributed by atoms with Crippen molar-refractivity contribution in [3.05, 3.63) is 85.3 Å². The molecule has 0 saturated heterocycles. The second-order valence-electron chi connectivity index (χ2n) is 7.77. The maximum atomic E-state index is 13.2. The Bertz CT molecular complexity index is 1470. The lowest BCUT2D eigenvalue weighted by atomic mass is 10.1. The van der Waals surface area contributed by atoms with Gasteiger partial charge in [0.25, 0.3) is 0 Å². The molecule has 3 N–H and O–H groups in total. The summed E-state index contributed by atoms with van der Waals surface area (Å²) in [5.41, 5.74) is 3.09. The van der Waals surface area contributed by atoms with E-state index in [1.165, 1.54) is 4.57 Å². The Balaban J connectivity index is 1.79. The SMILES string of the molecule is Cc1[nH]c2ccc(Nc3nc(=O)n(CCC(=O)O)c(=O)n3Cc3ccc(Cl)cc3)cc2c1C. The predicted octanol–water partition coefficient (Wildman–Crippen LogP) is 3.42. The molecular formula is C23H22ClN5O4. The highest BCUT2D eigenvalue weighted by atomic mass is 35.5. The second kappa shape index (κ2) is 8.95. The number of aliphatic carboxylic acids is 1. The van der Waals surface area contributed by atoms with Crippen LogP contribution in [0.25, 0.3) is 10.9 Å². The fraction of sp³-hybridized carbons (Fsp3) is 0.217. The molecule has 10 heteroatoms. The lowest BCUT2D eigenvalue weighted by Crippen LogP contribution is -2.43. The van der Waals surface area contributed by atoms with Crippen LogP contribution in [0.15, 0.2) is 52.1 Å². The summed E-state index contributed by atoms with van der Waals surface area (Å²) in [6.07, 6.45) is -0.368. The standard InChI is InChI=1S/C23H22ClN5O4/c1-13-14(2)25-19-8-7-17(11-18(13)19)26-21-27-22(32)28(10-9-20(30)31)23(33)29(21)12-15-3-5-16(24)6-4-15/h3-8,11,25H,9-10,12H2,1-2H3,(H,30,31)(H,26,27,32). The lowest BCUT2D eigenvalue weighted by Gasteiger charge is -2.15. The van der Waals surface area contributed by atoms with Gasteiger partial charge in [-0.2, -0.15) is 4.98 Å². The minimum absolute atomic E-state index is 0.0655. The summed E-state index contributed by atoms with van der Waals surface area (Å²) in [6.45, 7) is 3.85. The number of aromatic amines is 1. The number of nitrogens with one attached hydrogen (secondary N) is 2. The molecule has 4 rings (SSSR count). The van der Waals surface area contributed by atoms with Gasteiger partial charge in [0, 0.05) is 33.9 Å². The van der Waals surface area contributed by atoms with Gasteiger partial charge in [-0.1, -0.05) is 23.7 Å². The van der Waals surface area contributed by atoms with Crippen molar-refractivity contribution in [3.8, 4) is 0 Å². The summed E-state index contributed by atoms with van der Waals surface area (Å²) < 4.78 is 2.14. The third kappa shape index (κ3) is 4.68. The Labute approximate surface area is 193 Å². The number of carboxylic acid groups (broad SMARTS) is 1. The van der Waals surface area contributed by atoms with E-state index in [9.17, 15) is 14.4 Å². The molecule has 0 fully saturated rings. The fourth-order valence-corrected chi connectivity index (χ4v) is 3.73. The number of aryl methyl sites for hydroxylation is 2. The molecule has 0 bridgehead atoms. The number of aromatic nitrogens is 4. The summed E-state index contributed by atoms with van der Waals surface area (Å²) in [6, 6.07) is 12.6. The molecule has 0 unspecified atom stereocenters. The van der Waals surface area contributed by atoms with Gasteiger partial charge in [-0.05, 0) is 55.3 Å². The van der Waals surface area contributed by atoms with Crippen LogP contribution in [0.3, 0.4) is 0 Å². The zero-order chi connectivity index (χ0) is 23.7. The number of carbonyl (C=O) groups is 1. The van der Waals surface area contributed by atoms with Crippen molar-refractivity contribution in [1.82, 2.24) is 19.1 Å². The minimum atomic E-state index is -1.11. The highest BCUT2D eigenvalue weighted by molar-refractivity contribution is 6.30. The van der Waals surface area contributed by atoms with Crippen LogP contribution in [0.2, 0.25) is 5.02 Å². The van der Waals surface area contributed by atoms with E-state index in [-0.39, 0.29) is 25.5 Å².